The first-order valence-corrected chi connectivity index (χ1v) is 8.51. The summed E-state index contributed by atoms with van der Waals surface area (Å²) in [5.41, 5.74) is 6.15. The number of nitrogens with zero attached hydrogens (tertiary/aromatic N) is 2. The van der Waals surface area contributed by atoms with Gasteiger partial charge in [0.1, 0.15) is 24.2 Å². The van der Waals surface area contributed by atoms with Gasteiger partial charge in [-0.2, -0.15) is 0 Å². The van der Waals surface area contributed by atoms with Crippen LogP contribution in [0.3, 0.4) is 0 Å². The van der Waals surface area contributed by atoms with Crippen molar-refractivity contribution in [3.63, 3.8) is 0 Å². The molecule has 144 valence electrons. The number of benzene rings is 2. The van der Waals surface area contributed by atoms with Crippen LogP contribution in [0.4, 0.5) is 16.2 Å². The summed E-state index contributed by atoms with van der Waals surface area (Å²) >= 11 is 0. The largest absolute Gasteiger partial charge is 0.489 e. The number of pyridine rings is 1. The lowest BCUT2D eigenvalue weighted by Crippen LogP contribution is -2.30. The quantitative estimate of drug-likeness (QED) is 0.472. The summed E-state index contributed by atoms with van der Waals surface area (Å²) in [7, 11) is 0. The summed E-state index contributed by atoms with van der Waals surface area (Å²) in [6.45, 7) is 2.21. The number of nitro groups is 1. The monoisotopic (exact) mass is 382 g/mol. The van der Waals surface area contributed by atoms with Gasteiger partial charge in [0.05, 0.1) is 17.0 Å². The standard InChI is InChI=1S/C19H18N4O5/c1-2-27-19(24)22-21-18-15-9-8-14(28-12-13-6-4-3-5-7-13)10-16(15)20-11-17(18)23(25)26/h3-11H,2,12H2,1H3,(H,20,21)(H,22,24). The number of ether oxygens (including phenoxy) is 2. The van der Waals surface area contributed by atoms with Gasteiger partial charge < -0.3 is 9.47 Å². The van der Waals surface area contributed by atoms with Crippen molar-refractivity contribution in [3.05, 3.63) is 70.4 Å². The molecule has 0 aliphatic heterocycles. The maximum atomic E-state index is 11.5. The van der Waals surface area contributed by atoms with Gasteiger partial charge in [-0.3, -0.25) is 15.5 Å². The van der Waals surface area contributed by atoms with E-state index in [1.54, 1.807) is 25.1 Å². The Bertz CT molecular complexity index is 994. The first kappa shape index (κ1) is 18.9. The van der Waals surface area contributed by atoms with E-state index in [1.807, 2.05) is 30.3 Å². The van der Waals surface area contributed by atoms with Crippen LogP contribution < -0.4 is 15.6 Å². The summed E-state index contributed by atoms with van der Waals surface area (Å²) in [5.74, 6) is 0.571. The summed E-state index contributed by atoms with van der Waals surface area (Å²) in [4.78, 5) is 26.4. The molecule has 3 aromatic rings. The number of carbonyl (C=O) groups excluding carboxylic acids is 1. The van der Waals surface area contributed by atoms with Crippen LogP contribution in [0.15, 0.2) is 54.7 Å². The Morgan fingerprint density at radius 1 is 1.21 bits per heavy atom. The molecule has 0 aliphatic carbocycles. The predicted octanol–water partition coefficient (Wildman–Crippen LogP) is 3.80. The predicted molar refractivity (Wildman–Crippen MR) is 103 cm³/mol. The number of anilines is 1. The van der Waals surface area contributed by atoms with E-state index < -0.39 is 11.0 Å². The second-order valence-corrected chi connectivity index (χ2v) is 5.70. The molecule has 3 rings (SSSR count). The molecule has 0 bridgehead atoms. The molecule has 1 amide bonds. The minimum atomic E-state index is -0.746. The number of carbonyl (C=O) groups is 1. The van der Waals surface area contributed by atoms with Crippen molar-refractivity contribution in [1.29, 1.82) is 0 Å². The fourth-order valence-electron chi connectivity index (χ4n) is 2.54. The molecule has 0 unspecified atom stereocenters. The van der Waals surface area contributed by atoms with Crippen LogP contribution in [-0.4, -0.2) is 22.6 Å². The Morgan fingerprint density at radius 2 is 2.00 bits per heavy atom. The van der Waals surface area contributed by atoms with E-state index >= 15 is 0 Å². The van der Waals surface area contributed by atoms with Crippen LogP contribution in [0.5, 0.6) is 5.75 Å². The smallest absolute Gasteiger partial charge is 0.425 e. The van der Waals surface area contributed by atoms with Gasteiger partial charge in [-0.05, 0) is 24.6 Å². The Balaban J connectivity index is 1.86. The van der Waals surface area contributed by atoms with Gasteiger partial charge in [-0.1, -0.05) is 30.3 Å². The lowest BCUT2D eigenvalue weighted by molar-refractivity contribution is -0.384. The Labute approximate surface area is 160 Å². The minimum absolute atomic E-state index is 0.109. The molecule has 0 spiro atoms. The third-order valence-corrected chi connectivity index (χ3v) is 3.83. The number of nitrogens with one attached hydrogen (secondary N) is 2. The Kier molecular flexibility index (Phi) is 5.85. The maximum absolute atomic E-state index is 11.5. The topological polar surface area (TPSA) is 116 Å². The molecule has 0 aliphatic rings. The SMILES string of the molecule is CCOC(=O)NNc1c([N+](=O)[O-])cnc2cc(OCc3ccccc3)ccc12. The van der Waals surface area contributed by atoms with Crippen LogP contribution in [0, 0.1) is 10.1 Å². The van der Waals surface area contributed by atoms with Gasteiger partial charge in [-0.25, -0.2) is 15.2 Å². The normalized spacial score (nSPS) is 10.3. The van der Waals surface area contributed by atoms with Crippen molar-refractivity contribution in [3.8, 4) is 5.75 Å². The number of aromatic nitrogens is 1. The summed E-state index contributed by atoms with van der Waals surface area (Å²) < 4.78 is 10.5. The first-order valence-electron chi connectivity index (χ1n) is 8.51. The molecule has 0 atom stereocenters. The van der Waals surface area contributed by atoms with E-state index in [-0.39, 0.29) is 18.0 Å². The highest BCUT2D eigenvalue weighted by atomic mass is 16.6. The van der Waals surface area contributed by atoms with Gasteiger partial charge in [0, 0.05) is 11.5 Å². The van der Waals surface area contributed by atoms with Crippen molar-refractivity contribution in [1.82, 2.24) is 10.4 Å². The second kappa shape index (κ2) is 8.67. The maximum Gasteiger partial charge on any atom is 0.425 e. The van der Waals surface area contributed by atoms with Gasteiger partial charge >= 0.3 is 11.8 Å². The fraction of sp³-hybridized carbons (Fsp3) is 0.158. The highest BCUT2D eigenvalue weighted by molar-refractivity contribution is 5.96. The van der Waals surface area contributed by atoms with Crippen molar-refractivity contribution in [2.75, 3.05) is 12.0 Å². The number of rotatable bonds is 7. The second-order valence-electron chi connectivity index (χ2n) is 5.70. The molecule has 2 aromatic carbocycles. The number of hydrogen-bond donors (Lipinski definition) is 2. The number of hydrazine groups is 1. The Hall–Kier alpha value is -3.88. The van der Waals surface area contributed by atoms with Gasteiger partial charge in [-0.15, -0.1) is 0 Å². The molecular weight excluding hydrogens is 364 g/mol. The van der Waals surface area contributed by atoms with E-state index in [0.717, 1.165) is 11.8 Å². The van der Waals surface area contributed by atoms with E-state index in [9.17, 15) is 14.9 Å². The molecule has 1 heterocycles. The third-order valence-electron chi connectivity index (χ3n) is 3.83. The summed E-state index contributed by atoms with van der Waals surface area (Å²) in [6, 6.07) is 14.7. The number of amides is 1. The lowest BCUT2D eigenvalue weighted by atomic mass is 10.1. The summed E-state index contributed by atoms with van der Waals surface area (Å²) in [6.07, 6.45) is 0.378. The van der Waals surface area contributed by atoms with Crippen molar-refractivity contribution in [2.45, 2.75) is 13.5 Å². The number of hydrogen-bond acceptors (Lipinski definition) is 7. The van der Waals surface area contributed by atoms with Gasteiger partial charge in [0.25, 0.3) is 0 Å². The molecule has 9 heteroatoms. The van der Waals surface area contributed by atoms with Gasteiger partial charge in [0.2, 0.25) is 0 Å². The zero-order chi connectivity index (χ0) is 19.9. The Morgan fingerprint density at radius 3 is 2.71 bits per heavy atom. The lowest BCUT2D eigenvalue weighted by Gasteiger charge is -2.12. The van der Waals surface area contributed by atoms with E-state index in [0.29, 0.717) is 23.3 Å². The average molecular weight is 382 g/mol. The van der Waals surface area contributed by atoms with Crippen LogP contribution >= 0.6 is 0 Å². The van der Waals surface area contributed by atoms with Crippen LogP contribution in [0.2, 0.25) is 0 Å². The minimum Gasteiger partial charge on any atom is -0.489 e. The molecule has 0 saturated heterocycles. The molecule has 0 saturated carbocycles. The van der Waals surface area contributed by atoms with E-state index in [4.69, 9.17) is 9.47 Å². The zero-order valence-corrected chi connectivity index (χ0v) is 15.0. The molecule has 9 nitrogen and oxygen atoms in total. The van der Waals surface area contributed by atoms with Crippen molar-refractivity contribution < 1.29 is 19.2 Å². The van der Waals surface area contributed by atoms with Crippen molar-refractivity contribution in [2.24, 2.45) is 0 Å². The molecule has 2 N–H and O–H groups in total. The van der Waals surface area contributed by atoms with Crippen LogP contribution in [0.1, 0.15) is 12.5 Å². The highest BCUT2D eigenvalue weighted by Gasteiger charge is 2.19. The molecule has 0 fully saturated rings. The van der Waals surface area contributed by atoms with Crippen LogP contribution in [-0.2, 0) is 11.3 Å². The number of fused-ring (bicyclic) bond motifs is 1. The highest BCUT2D eigenvalue weighted by Crippen LogP contribution is 2.33. The molecule has 1 aromatic heterocycles. The molecular formula is C19H18N4O5. The van der Waals surface area contributed by atoms with E-state index in [2.05, 4.69) is 15.8 Å². The average Bonchev–Trinajstić information content (AvgIpc) is 2.71. The molecule has 0 radical (unpaired) electrons. The fourth-order valence-corrected chi connectivity index (χ4v) is 2.54. The third kappa shape index (κ3) is 4.44. The summed E-state index contributed by atoms with van der Waals surface area (Å²) in [5, 5.41) is 11.8. The van der Waals surface area contributed by atoms with Gasteiger partial charge in [0.15, 0.2) is 0 Å². The first-order chi connectivity index (χ1) is 13.6. The molecule has 28 heavy (non-hydrogen) atoms. The van der Waals surface area contributed by atoms with E-state index in [1.165, 1.54) is 0 Å². The zero-order valence-electron chi connectivity index (χ0n) is 15.0. The van der Waals surface area contributed by atoms with Crippen LogP contribution in [0.25, 0.3) is 10.9 Å². The van der Waals surface area contributed by atoms with Crippen molar-refractivity contribution >= 4 is 28.4 Å².